The SMILES string of the molecule is CC1(C)CC(=O)C2=C(C1)N(c1ccc(Br)cc1)C(N)=C(C#N)[C@@H]2c1cccc([N+](=O)[O-])c1. The molecule has 0 fully saturated rings. The van der Waals surface area contributed by atoms with Gasteiger partial charge in [-0.05, 0) is 41.7 Å². The van der Waals surface area contributed by atoms with E-state index < -0.39 is 10.8 Å². The molecule has 2 aliphatic rings. The average Bonchev–Trinajstić information content (AvgIpc) is 2.73. The van der Waals surface area contributed by atoms with Crippen LogP contribution in [-0.2, 0) is 4.79 Å². The molecule has 7 nitrogen and oxygen atoms in total. The number of halogens is 1. The van der Waals surface area contributed by atoms with E-state index in [2.05, 4.69) is 22.0 Å². The van der Waals surface area contributed by atoms with Crippen LogP contribution in [0.4, 0.5) is 11.4 Å². The maximum absolute atomic E-state index is 13.4. The van der Waals surface area contributed by atoms with Crippen LogP contribution in [0.5, 0.6) is 0 Å². The normalized spacial score (nSPS) is 20.1. The van der Waals surface area contributed by atoms with Crippen LogP contribution in [-0.4, -0.2) is 10.7 Å². The van der Waals surface area contributed by atoms with Gasteiger partial charge in [-0.1, -0.05) is 41.9 Å². The number of ketones is 1. The van der Waals surface area contributed by atoms with Crippen LogP contribution in [0.3, 0.4) is 0 Å². The summed E-state index contributed by atoms with van der Waals surface area (Å²) in [7, 11) is 0. The molecule has 0 radical (unpaired) electrons. The van der Waals surface area contributed by atoms with E-state index >= 15 is 0 Å². The van der Waals surface area contributed by atoms with Crippen molar-refractivity contribution in [2.45, 2.75) is 32.6 Å². The van der Waals surface area contributed by atoms with E-state index in [1.54, 1.807) is 17.0 Å². The van der Waals surface area contributed by atoms with Crippen LogP contribution in [0.1, 0.15) is 38.2 Å². The molecule has 2 N–H and O–H groups in total. The maximum Gasteiger partial charge on any atom is 0.269 e. The van der Waals surface area contributed by atoms with Gasteiger partial charge in [-0.15, -0.1) is 0 Å². The summed E-state index contributed by atoms with van der Waals surface area (Å²) in [5.41, 5.74) is 8.86. The maximum atomic E-state index is 13.4. The second-order valence-corrected chi connectivity index (χ2v) is 9.72. The Labute approximate surface area is 194 Å². The lowest BCUT2D eigenvalue weighted by molar-refractivity contribution is -0.384. The van der Waals surface area contributed by atoms with E-state index in [-0.39, 0.29) is 28.3 Å². The van der Waals surface area contributed by atoms with Crippen molar-refractivity contribution < 1.29 is 9.72 Å². The number of benzene rings is 2. The van der Waals surface area contributed by atoms with Gasteiger partial charge >= 0.3 is 0 Å². The number of nitrogens with two attached hydrogens (primary N) is 1. The number of nitro groups is 1. The Morgan fingerprint density at radius 1 is 1.22 bits per heavy atom. The van der Waals surface area contributed by atoms with Crippen LogP contribution in [0.25, 0.3) is 0 Å². The van der Waals surface area contributed by atoms with E-state index in [9.17, 15) is 20.2 Å². The summed E-state index contributed by atoms with van der Waals surface area (Å²) < 4.78 is 0.894. The van der Waals surface area contributed by atoms with E-state index in [0.717, 1.165) is 15.9 Å². The summed E-state index contributed by atoms with van der Waals surface area (Å²) in [4.78, 5) is 26.1. The van der Waals surface area contributed by atoms with Gasteiger partial charge < -0.3 is 5.73 Å². The number of nitrogens with zero attached hydrogens (tertiary/aromatic N) is 3. The molecule has 0 saturated heterocycles. The summed E-state index contributed by atoms with van der Waals surface area (Å²) in [6.45, 7) is 4.05. The molecule has 8 heteroatoms. The van der Waals surface area contributed by atoms with Crippen molar-refractivity contribution in [2.75, 3.05) is 4.90 Å². The van der Waals surface area contributed by atoms with Gasteiger partial charge in [-0.3, -0.25) is 19.8 Å². The standard InChI is InChI=1S/C24H21BrN4O3/c1-24(2)11-19-22(20(30)12-24)21(14-4-3-5-17(10-14)29(31)32)18(13-26)23(27)28(19)16-8-6-15(25)7-9-16/h3-10,21H,11-12,27H2,1-2H3/t21-/m0/s1. The number of allylic oxidation sites excluding steroid dienone is 3. The number of anilines is 1. The summed E-state index contributed by atoms with van der Waals surface area (Å²) >= 11 is 3.43. The number of carbonyl (C=O) groups is 1. The van der Waals surface area contributed by atoms with Crippen LogP contribution < -0.4 is 10.6 Å². The predicted molar refractivity (Wildman–Crippen MR) is 124 cm³/mol. The van der Waals surface area contributed by atoms with Crippen molar-refractivity contribution in [3.05, 3.63) is 91.3 Å². The van der Waals surface area contributed by atoms with Gasteiger partial charge in [0.25, 0.3) is 5.69 Å². The van der Waals surface area contributed by atoms with Crippen LogP contribution in [0.2, 0.25) is 0 Å². The van der Waals surface area contributed by atoms with E-state index in [4.69, 9.17) is 5.73 Å². The van der Waals surface area contributed by atoms with Crippen LogP contribution in [0, 0.1) is 26.9 Å². The third-order valence-corrected chi connectivity index (χ3v) is 6.41. The number of Topliss-reactive ketones (excluding diaryl/α,β-unsaturated/α-hetero) is 1. The summed E-state index contributed by atoms with van der Waals surface area (Å²) in [5.74, 6) is -0.587. The first-order chi connectivity index (χ1) is 15.1. The number of hydrogen-bond donors (Lipinski definition) is 1. The highest BCUT2D eigenvalue weighted by Crippen LogP contribution is 2.50. The lowest BCUT2D eigenvalue weighted by Crippen LogP contribution is -2.42. The molecule has 0 aromatic heterocycles. The Morgan fingerprint density at radius 3 is 2.53 bits per heavy atom. The van der Waals surface area contributed by atoms with Crippen molar-refractivity contribution in [3.63, 3.8) is 0 Å². The third kappa shape index (κ3) is 3.69. The average molecular weight is 493 g/mol. The molecule has 0 bridgehead atoms. The van der Waals surface area contributed by atoms with E-state index in [1.165, 1.54) is 12.1 Å². The lowest BCUT2D eigenvalue weighted by Gasteiger charge is -2.43. The number of hydrogen-bond acceptors (Lipinski definition) is 6. The quantitative estimate of drug-likeness (QED) is 0.459. The van der Waals surface area contributed by atoms with Crippen LogP contribution >= 0.6 is 15.9 Å². The topological polar surface area (TPSA) is 113 Å². The highest BCUT2D eigenvalue weighted by molar-refractivity contribution is 9.10. The fourth-order valence-corrected chi connectivity index (χ4v) is 4.81. The first-order valence-electron chi connectivity index (χ1n) is 10.1. The summed E-state index contributed by atoms with van der Waals surface area (Å²) in [5, 5.41) is 21.4. The smallest absolute Gasteiger partial charge is 0.269 e. The molecule has 2 aromatic rings. The molecule has 1 heterocycles. The molecule has 0 spiro atoms. The molecule has 162 valence electrons. The van der Waals surface area contributed by atoms with E-state index in [1.807, 2.05) is 38.1 Å². The van der Waals surface area contributed by atoms with Crippen molar-refractivity contribution in [3.8, 4) is 6.07 Å². The Bertz CT molecular complexity index is 1240. The zero-order valence-electron chi connectivity index (χ0n) is 17.6. The summed E-state index contributed by atoms with van der Waals surface area (Å²) in [6.07, 6.45) is 0.902. The molecule has 1 aliphatic heterocycles. The molecule has 4 rings (SSSR count). The molecule has 0 unspecified atom stereocenters. The second kappa shape index (κ2) is 7.92. The third-order valence-electron chi connectivity index (χ3n) is 5.88. The number of non-ortho nitro benzene ring substituents is 1. The van der Waals surface area contributed by atoms with Crippen molar-refractivity contribution in [2.24, 2.45) is 11.1 Å². The van der Waals surface area contributed by atoms with Crippen LogP contribution in [0.15, 0.2) is 75.7 Å². The Kier molecular flexibility index (Phi) is 5.39. The fourth-order valence-electron chi connectivity index (χ4n) is 4.55. The van der Waals surface area contributed by atoms with Gasteiger partial charge in [0, 0.05) is 40.0 Å². The Hall–Kier alpha value is -3.44. The molecule has 0 saturated carbocycles. The lowest BCUT2D eigenvalue weighted by atomic mass is 9.68. The van der Waals surface area contributed by atoms with Gasteiger partial charge in [0.2, 0.25) is 0 Å². The molecule has 32 heavy (non-hydrogen) atoms. The molecular weight excluding hydrogens is 472 g/mol. The van der Waals surface area contributed by atoms with Gasteiger partial charge in [-0.25, -0.2) is 0 Å². The summed E-state index contributed by atoms with van der Waals surface area (Å²) in [6, 6.07) is 15.7. The molecule has 1 aliphatic carbocycles. The zero-order chi connectivity index (χ0) is 23.2. The predicted octanol–water partition coefficient (Wildman–Crippen LogP) is 5.30. The van der Waals surface area contributed by atoms with Gasteiger partial charge in [0.05, 0.1) is 22.5 Å². The highest BCUT2D eigenvalue weighted by atomic mass is 79.9. The molecule has 0 amide bonds. The number of nitriles is 1. The van der Waals surface area contributed by atoms with E-state index in [0.29, 0.717) is 24.0 Å². The first kappa shape index (κ1) is 21.8. The van der Waals surface area contributed by atoms with Crippen molar-refractivity contribution in [1.29, 1.82) is 5.26 Å². The minimum atomic E-state index is -0.745. The second-order valence-electron chi connectivity index (χ2n) is 8.81. The largest absolute Gasteiger partial charge is 0.384 e. The Morgan fingerprint density at radius 2 is 1.91 bits per heavy atom. The highest BCUT2D eigenvalue weighted by Gasteiger charge is 2.44. The number of rotatable bonds is 3. The fraction of sp³-hybridized carbons (Fsp3) is 0.250. The number of nitro benzene ring substituents is 1. The molecular formula is C24H21BrN4O3. The van der Waals surface area contributed by atoms with Crippen molar-refractivity contribution >= 4 is 33.1 Å². The van der Waals surface area contributed by atoms with Crippen molar-refractivity contribution in [1.82, 2.24) is 0 Å². The molecule has 1 atom stereocenters. The zero-order valence-corrected chi connectivity index (χ0v) is 19.2. The minimum Gasteiger partial charge on any atom is -0.384 e. The monoisotopic (exact) mass is 492 g/mol. The van der Waals surface area contributed by atoms with Gasteiger partial charge in [0.1, 0.15) is 5.82 Å². The first-order valence-corrected chi connectivity index (χ1v) is 10.9. The Balaban J connectivity index is 1.99. The van der Waals surface area contributed by atoms with Gasteiger partial charge in [0.15, 0.2) is 5.78 Å². The van der Waals surface area contributed by atoms with Gasteiger partial charge in [-0.2, -0.15) is 5.26 Å². The number of carbonyl (C=O) groups excluding carboxylic acids is 1. The minimum absolute atomic E-state index is 0.0740. The molecule has 2 aromatic carbocycles.